The number of thiophene rings is 1. The molecular weight excluding hydrogens is 300 g/mol. The van der Waals surface area contributed by atoms with E-state index in [1.807, 2.05) is 6.07 Å². The summed E-state index contributed by atoms with van der Waals surface area (Å²) >= 11 is 1.64. The molecule has 2 aromatic rings. The molecule has 0 spiro atoms. The number of ether oxygens (including phenoxy) is 1. The minimum Gasteiger partial charge on any atom is -0.378 e. The maximum atomic E-state index is 11.8. The molecular formula is C15H16N4O2S. The van der Waals surface area contributed by atoms with Gasteiger partial charge in [-0.2, -0.15) is 5.10 Å². The molecule has 2 aromatic heterocycles. The zero-order valence-corrected chi connectivity index (χ0v) is 12.8. The number of nitrogens with one attached hydrogen (secondary N) is 1. The van der Waals surface area contributed by atoms with Gasteiger partial charge in [-0.25, -0.2) is 5.43 Å². The van der Waals surface area contributed by atoms with Crippen LogP contribution < -0.4 is 10.3 Å². The van der Waals surface area contributed by atoms with Gasteiger partial charge in [0, 0.05) is 24.2 Å². The number of pyridine rings is 1. The molecule has 0 radical (unpaired) electrons. The summed E-state index contributed by atoms with van der Waals surface area (Å²) in [6, 6.07) is 9.23. The van der Waals surface area contributed by atoms with Crippen LogP contribution in [0.3, 0.4) is 0 Å². The monoisotopic (exact) mass is 316 g/mol. The fraction of sp³-hybridized carbons (Fsp3) is 0.267. The van der Waals surface area contributed by atoms with Crippen LogP contribution in [-0.2, 0) is 4.74 Å². The third-order valence-electron chi connectivity index (χ3n) is 3.19. The van der Waals surface area contributed by atoms with Crippen LogP contribution in [0.5, 0.6) is 0 Å². The number of hydrazone groups is 1. The predicted molar refractivity (Wildman–Crippen MR) is 86.6 cm³/mol. The number of carbonyl (C=O) groups excluding carboxylic acids is 1. The molecule has 1 aliphatic heterocycles. The van der Waals surface area contributed by atoms with Gasteiger partial charge in [-0.05, 0) is 24.3 Å². The lowest BCUT2D eigenvalue weighted by Gasteiger charge is -2.27. The van der Waals surface area contributed by atoms with Crippen molar-refractivity contribution in [1.82, 2.24) is 10.4 Å². The highest BCUT2D eigenvalue weighted by Gasteiger charge is 2.12. The van der Waals surface area contributed by atoms with Crippen LogP contribution in [0.1, 0.15) is 15.4 Å². The Morgan fingerprint density at radius 3 is 2.95 bits per heavy atom. The number of carbonyl (C=O) groups is 1. The highest BCUT2D eigenvalue weighted by atomic mass is 32.1. The lowest BCUT2D eigenvalue weighted by Crippen LogP contribution is -2.35. The van der Waals surface area contributed by atoms with E-state index in [1.54, 1.807) is 41.9 Å². The maximum absolute atomic E-state index is 11.8. The Morgan fingerprint density at radius 2 is 2.18 bits per heavy atom. The van der Waals surface area contributed by atoms with Crippen molar-refractivity contribution in [1.29, 1.82) is 0 Å². The highest BCUT2D eigenvalue weighted by molar-refractivity contribution is 7.17. The van der Waals surface area contributed by atoms with Gasteiger partial charge in [0.05, 0.1) is 24.4 Å². The second kappa shape index (κ2) is 7.15. The zero-order chi connectivity index (χ0) is 15.2. The molecule has 6 nitrogen and oxygen atoms in total. The molecule has 7 heteroatoms. The van der Waals surface area contributed by atoms with E-state index in [2.05, 4.69) is 26.5 Å². The molecule has 22 heavy (non-hydrogen) atoms. The molecule has 1 fully saturated rings. The molecule has 0 unspecified atom stereocenters. The molecule has 114 valence electrons. The molecule has 1 saturated heterocycles. The second-order valence-electron chi connectivity index (χ2n) is 4.69. The number of anilines is 1. The van der Waals surface area contributed by atoms with Gasteiger partial charge in [-0.1, -0.05) is 6.07 Å². The van der Waals surface area contributed by atoms with Gasteiger partial charge in [0.1, 0.15) is 5.69 Å². The van der Waals surface area contributed by atoms with E-state index in [0.717, 1.165) is 31.2 Å². The molecule has 0 aromatic carbocycles. The average Bonchev–Trinajstić information content (AvgIpc) is 3.05. The summed E-state index contributed by atoms with van der Waals surface area (Å²) in [5.74, 6) is -0.318. The summed E-state index contributed by atoms with van der Waals surface area (Å²) in [4.78, 5) is 19.0. The highest BCUT2D eigenvalue weighted by Crippen LogP contribution is 2.25. The first-order valence-corrected chi connectivity index (χ1v) is 7.81. The fourth-order valence-corrected chi connectivity index (χ4v) is 3.00. The first-order chi connectivity index (χ1) is 10.8. The van der Waals surface area contributed by atoms with Crippen LogP contribution in [-0.4, -0.2) is 43.4 Å². The summed E-state index contributed by atoms with van der Waals surface area (Å²) in [7, 11) is 0. The molecule has 3 heterocycles. The van der Waals surface area contributed by atoms with Gasteiger partial charge in [0.15, 0.2) is 0 Å². The maximum Gasteiger partial charge on any atom is 0.289 e. The topological polar surface area (TPSA) is 66.8 Å². The van der Waals surface area contributed by atoms with E-state index in [9.17, 15) is 4.79 Å². The lowest BCUT2D eigenvalue weighted by molar-refractivity contribution is 0.0950. The van der Waals surface area contributed by atoms with E-state index >= 15 is 0 Å². The Kier molecular flexibility index (Phi) is 4.77. The summed E-state index contributed by atoms with van der Waals surface area (Å²) < 4.78 is 5.34. The number of aromatic nitrogens is 1. The smallest absolute Gasteiger partial charge is 0.289 e. The van der Waals surface area contributed by atoms with Crippen molar-refractivity contribution in [2.45, 2.75) is 0 Å². The molecule has 3 rings (SSSR count). The van der Waals surface area contributed by atoms with E-state index < -0.39 is 0 Å². The quantitative estimate of drug-likeness (QED) is 0.689. The van der Waals surface area contributed by atoms with Crippen LogP contribution in [0.2, 0.25) is 0 Å². The van der Waals surface area contributed by atoms with Gasteiger partial charge >= 0.3 is 0 Å². The summed E-state index contributed by atoms with van der Waals surface area (Å²) in [6.45, 7) is 3.35. The largest absolute Gasteiger partial charge is 0.378 e. The van der Waals surface area contributed by atoms with Crippen molar-refractivity contribution < 1.29 is 9.53 Å². The van der Waals surface area contributed by atoms with Crippen molar-refractivity contribution in [3.63, 3.8) is 0 Å². The standard InChI is InChI=1S/C15H16N4O2S/c20-15(13-3-1-2-6-16-13)18-17-11-12-4-5-14(22-12)19-7-9-21-10-8-19/h1-6,11H,7-10H2,(H,18,20). The fourth-order valence-electron chi connectivity index (χ4n) is 2.07. The molecule has 0 bridgehead atoms. The van der Waals surface area contributed by atoms with Crippen LogP contribution >= 0.6 is 11.3 Å². The molecule has 0 saturated carbocycles. The van der Waals surface area contributed by atoms with Crippen molar-refractivity contribution >= 4 is 28.5 Å². The first kappa shape index (κ1) is 14.7. The Hall–Kier alpha value is -2.25. The van der Waals surface area contributed by atoms with Crippen LogP contribution in [0.15, 0.2) is 41.6 Å². The van der Waals surface area contributed by atoms with Gasteiger partial charge in [0.2, 0.25) is 0 Å². The van der Waals surface area contributed by atoms with Gasteiger partial charge in [-0.15, -0.1) is 11.3 Å². The average molecular weight is 316 g/mol. The Labute approximate surface area is 132 Å². The van der Waals surface area contributed by atoms with Crippen LogP contribution in [0.25, 0.3) is 0 Å². The molecule has 1 N–H and O–H groups in total. The molecule has 0 atom stereocenters. The van der Waals surface area contributed by atoms with Gasteiger partial charge in [-0.3, -0.25) is 9.78 Å². The lowest BCUT2D eigenvalue weighted by atomic mass is 10.3. The van der Waals surface area contributed by atoms with E-state index in [1.165, 1.54) is 5.00 Å². The van der Waals surface area contributed by atoms with Crippen molar-refractivity contribution in [3.05, 3.63) is 47.1 Å². The first-order valence-electron chi connectivity index (χ1n) is 7.00. The number of rotatable bonds is 4. The number of nitrogens with zero attached hydrogens (tertiary/aromatic N) is 3. The third kappa shape index (κ3) is 3.69. The summed E-state index contributed by atoms with van der Waals surface area (Å²) in [5, 5.41) is 5.17. The molecule has 0 aliphatic carbocycles. The van der Waals surface area contributed by atoms with Crippen molar-refractivity contribution in [2.75, 3.05) is 31.2 Å². The Balaban J connectivity index is 1.57. The van der Waals surface area contributed by atoms with E-state index in [4.69, 9.17) is 4.74 Å². The third-order valence-corrected chi connectivity index (χ3v) is 4.27. The van der Waals surface area contributed by atoms with Crippen LogP contribution in [0, 0.1) is 0 Å². The normalized spacial score (nSPS) is 15.2. The minimum absolute atomic E-state index is 0.318. The van der Waals surface area contributed by atoms with Crippen molar-refractivity contribution in [3.8, 4) is 0 Å². The minimum atomic E-state index is -0.318. The Morgan fingerprint density at radius 1 is 1.32 bits per heavy atom. The van der Waals surface area contributed by atoms with E-state index in [0.29, 0.717) is 5.69 Å². The molecule has 1 amide bonds. The van der Waals surface area contributed by atoms with Crippen molar-refractivity contribution in [2.24, 2.45) is 5.10 Å². The number of hydrogen-bond acceptors (Lipinski definition) is 6. The SMILES string of the molecule is O=C(NN=Cc1ccc(N2CCOCC2)s1)c1ccccn1. The number of morpholine rings is 1. The summed E-state index contributed by atoms with van der Waals surface area (Å²) in [6.07, 6.45) is 3.22. The van der Waals surface area contributed by atoms with Gasteiger partial charge in [0.25, 0.3) is 5.91 Å². The predicted octanol–water partition coefficient (Wildman–Crippen LogP) is 1.74. The number of hydrogen-bond donors (Lipinski definition) is 1. The van der Waals surface area contributed by atoms with Crippen LogP contribution in [0.4, 0.5) is 5.00 Å². The summed E-state index contributed by atoms with van der Waals surface area (Å²) in [5.41, 5.74) is 2.82. The second-order valence-corrected chi connectivity index (χ2v) is 5.78. The van der Waals surface area contributed by atoms with Gasteiger partial charge < -0.3 is 9.64 Å². The van der Waals surface area contributed by atoms with E-state index in [-0.39, 0.29) is 5.91 Å². The zero-order valence-electron chi connectivity index (χ0n) is 11.9. The number of amides is 1. The molecule has 1 aliphatic rings. The Bertz CT molecular complexity index is 651.